The molecule has 1 fully saturated rings. The van der Waals surface area contributed by atoms with Gasteiger partial charge in [0.2, 0.25) is 0 Å². The number of nitrogens with zero attached hydrogens (tertiary/aromatic N) is 4. The number of amides is 2. The second kappa shape index (κ2) is 11.6. The van der Waals surface area contributed by atoms with E-state index in [0.717, 1.165) is 40.3 Å². The summed E-state index contributed by atoms with van der Waals surface area (Å²) in [5.74, 6) is 1.42. The number of nitrogens with one attached hydrogen (secondary N) is 1. The first-order chi connectivity index (χ1) is 19.2. The lowest BCUT2D eigenvalue weighted by Gasteiger charge is -2.36. The number of benzene rings is 3. The zero-order valence-electron chi connectivity index (χ0n) is 21.8. The van der Waals surface area contributed by atoms with E-state index >= 15 is 0 Å². The monoisotopic (exact) mass is 565 g/mol. The van der Waals surface area contributed by atoms with Crippen LogP contribution in [-0.2, 0) is 12.6 Å². The molecule has 0 radical (unpaired) electrons. The van der Waals surface area contributed by atoms with Gasteiger partial charge >= 0.3 is 12.2 Å². The molecule has 6 nitrogen and oxygen atoms in total. The Morgan fingerprint density at radius 2 is 1.55 bits per heavy atom. The third kappa shape index (κ3) is 6.37. The van der Waals surface area contributed by atoms with Crippen molar-refractivity contribution in [2.75, 3.05) is 36.4 Å². The number of alkyl halides is 3. The molecule has 3 aromatic carbocycles. The molecule has 0 spiro atoms. The van der Waals surface area contributed by atoms with Crippen LogP contribution in [0.3, 0.4) is 0 Å². The van der Waals surface area contributed by atoms with Crippen LogP contribution in [0, 0.1) is 6.92 Å². The van der Waals surface area contributed by atoms with Crippen LogP contribution in [0.4, 0.5) is 29.5 Å². The molecule has 1 saturated heterocycles. The van der Waals surface area contributed by atoms with Gasteiger partial charge in [0.05, 0.1) is 5.56 Å². The maximum atomic E-state index is 12.9. The largest absolute Gasteiger partial charge is 0.416 e. The van der Waals surface area contributed by atoms with Crippen molar-refractivity contribution in [3.63, 3.8) is 0 Å². The molecule has 0 atom stereocenters. The molecule has 0 aliphatic carbocycles. The van der Waals surface area contributed by atoms with Crippen molar-refractivity contribution in [3.8, 4) is 11.4 Å². The van der Waals surface area contributed by atoms with Crippen LogP contribution in [0.2, 0.25) is 5.02 Å². The van der Waals surface area contributed by atoms with Gasteiger partial charge in [-0.25, -0.2) is 14.8 Å². The van der Waals surface area contributed by atoms with E-state index < -0.39 is 11.7 Å². The van der Waals surface area contributed by atoms with Gasteiger partial charge < -0.3 is 15.1 Å². The minimum absolute atomic E-state index is 0.310. The molecule has 0 unspecified atom stereocenters. The number of anilines is 2. The van der Waals surface area contributed by atoms with E-state index in [0.29, 0.717) is 49.1 Å². The van der Waals surface area contributed by atoms with Crippen LogP contribution in [0.5, 0.6) is 0 Å². The van der Waals surface area contributed by atoms with Crippen molar-refractivity contribution < 1.29 is 18.0 Å². The number of hydrogen-bond acceptors (Lipinski definition) is 4. The summed E-state index contributed by atoms with van der Waals surface area (Å²) in [6.07, 6.45) is -3.76. The topological polar surface area (TPSA) is 61.4 Å². The lowest BCUT2D eigenvalue weighted by molar-refractivity contribution is -0.137. The number of carbonyl (C=O) groups excluding carboxylic acids is 1. The molecule has 0 saturated carbocycles. The number of rotatable bonds is 5. The molecule has 1 aromatic heterocycles. The van der Waals surface area contributed by atoms with Crippen LogP contribution in [0.25, 0.3) is 11.4 Å². The molecule has 2 heterocycles. The number of piperazine rings is 1. The fourth-order valence-electron chi connectivity index (χ4n) is 4.64. The predicted molar refractivity (Wildman–Crippen MR) is 151 cm³/mol. The van der Waals surface area contributed by atoms with Crippen LogP contribution < -0.4 is 10.2 Å². The molecule has 5 rings (SSSR count). The van der Waals surface area contributed by atoms with E-state index in [9.17, 15) is 18.0 Å². The molecule has 1 aliphatic rings. The summed E-state index contributed by atoms with van der Waals surface area (Å²) in [6.45, 7) is 3.92. The fourth-order valence-corrected chi connectivity index (χ4v) is 4.77. The average Bonchev–Trinajstić information content (AvgIpc) is 2.95. The molecule has 2 amide bonds. The van der Waals surface area contributed by atoms with Gasteiger partial charge in [0, 0.05) is 60.1 Å². The van der Waals surface area contributed by atoms with Gasteiger partial charge in [0.1, 0.15) is 5.82 Å². The first kappa shape index (κ1) is 27.5. The summed E-state index contributed by atoms with van der Waals surface area (Å²) in [7, 11) is 0. The SMILES string of the molecule is Cc1nc(-c2ccc(Cl)cc2)nc(N2CCN(C(=O)Nc3ccc(C(F)(F)F)cc3)CC2)c1Cc1ccccc1. The Kier molecular flexibility index (Phi) is 7.93. The second-order valence-electron chi connectivity index (χ2n) is 9.58. The Balaban J connectivity index is 1.34. The average molecular weight is 566 g/mol. The van der Waals surface area contributed by atoms with E-state index in [1.165, 1.54) is 12.1 Å². The molecule has 4 aromatic rings. The summed E-state index contributed by atoms with van der Waals surface area (Å²) in [5.41, 5.74) is 3.44. The number of hydrogen-bond donors (Lipinski definition) is 1. The molecule has 1 N–H and O–H groups in total. The van der Waals surface area contributed by atoms with Gasteiger partial charge in [-0.1, -0.05) is 41.9 Å². The van der Waals surface area contributed by atoms with Crippen molar-refractivity contribution in [2.24, 2.45) is 0 Å². The lowest BCUT2D eigenvalue weighted by Crippen LogP contribution is -2.50. The maximum Gasteiger partial charge on any atom is 0.416 e. The predicted octanol–water partition coefficient (Wildman–Crippen LogP) is 7.07. The van der Waals surface area contributed by atoms with Gasteiger partial charge in [-0.05, 0) is 61.0 Å². The molecule has 40 heavy (non-hydrogen) atoms. The molecule has 206 valence electrons. The number of aryl methyl sites for hydroxylation is 1. The van der Waals surface area contributed by atoms with E-state index in [-0.39, 0.29) is 6.03 Å². The summed E-state index contributed by atoms with van der Waals surface area (Å²) in [5, 5.41) is 3.33. The molecule has 1 aliphatic heterocycles. The third-order valence-electron chi connectivity index (χ3n) is 6.85. The van der Waals surface area contributed by atoms with E-state index in [1.54, 1.807) is 17.0 Å². The van der Waals surface area contributed by atoms with Gasteiger partial charge in [-0.15, -0.1) is 0 Å². The van der Waals surface area contributed by atoms with Gasteiger partial charge in [0.15, 0.2) is 5.82 Å². The van der Waals surface area contributed by atoms with Crippen molar-refractivity contribution in [1.82, 2.24) is 14.9 Å². The fraction of sp³-hybridized carbons (Fsp3) is 0.233. The summed E-state index contributed by atoms with van der Waals surface area (Å²) in [4.78, 5) is 26.5. The quantitative estimate of drug-likeness (QED) is 0.281. The normalized spacial score (nSPS) is 13.8. The van der Waals surface area contributed by atoms with Crippen molar-refractivity contribution in [3.05, 3.63) is 106 Å². The van der Waals surface area contributed by atoms with Crippen LogP contribution in [0.15, 0.2) is 78.9 Å². The van der Waals surface area contributed by atoms with Crippen molar-refractivity contribution >= 4 is 29.1 Å². The summed E-state index contributed by atoms with van der Waals surface area (Å²) < 4.78 is 38.5. The molecular formula is C30H27ClF3N5O. The van der Waals surface area contributed by atoms with Crippen molar-refractivity contribution in [1.29, 1.82) is 0 Å². The maximum absolute atomic E-state index is 12.9. The lowest BCUT2D eigenvalue weighted by atomic mass is 10.0. The molecule has 10 heteroatoms. The zero-order valence-corrected chi connectivity index (χ0v) is 22.5. The highest BCUT2D eigenvalue weighted by atomic mass is 35.5. The molecular weight excluding hydrogens is 539 g/mol. The van der Waals surface area contributed by atoms with Crippen LogP contribution in [0.1, 0.15) is 22.4 Å². The van der Waals surface area contributed by atoms with Gasteiger partial charge in [-0.2, -0.15) is 13.2 Å². The van der Waals surface area contributed by atoms with Gasteiger partial charge in [-0.3, -0.25) is 0 Å². The first-order valence-corrected chi connectivity index (χ1v) is 13.2. The summed E-state index contributed by atoms with van der Waals surface area (Å²) >= 11 is 6.08. The smallest absolute Gasteiger partial charge is 0.353 e. The minimum atomic E-state index is -4.43. The Morgan fingerprint density at radius 3 is 2.17 bits per heavy atom. The third-order valence-corrected chi connectivity index (χ3v) is 7.10. The Labute approximate surface area is 235 Å². The Morgan fingerprint density at radius 1 is 0.900 bits per heavy atom. The number of carbonyl (C=O) groups is 1. The number of aromatic nitrogens is 2. The highest BCUT2D eigenvalue weighted by molar-refractivity contribution is 6.30. The standard InChI is InChI=1S/C30H27ClF3N5O/c1-20-26(19-21-5-3-2-4-6-21)28(37-27(35-20)22-7-11-24(31)12-8-22)38-15-17-39(18-16-38)29(40)36-25-13-9-23(10-14-25)30(32,33)34/h2-14H,15-19H2,1H3,(H,36,40). The zero-order chi connectivity index (χ0) is 28.3. The highest BCUT2D eigenvalue weighted by Gasteiger charge is 2.30. The number of urea groups is 1. The molecule has 0 bridgehead atoms. The van der Waals surface area contributed by atoms with Crippen molar-refractivity contribution in [2.45, 2.75) is 19.5 Å². The minimum Gasteiger partial charge on any atom is -0.353 e. The second-order valence-corrected chi connectivity index (χ2v) is 10.0. The summed E-state index contributed by atoms with van der Waals surface area (Å²) in [6, 6.07) is 21.6. The Hall–Kier alpha value is -4.11. The Bertz CT molecular complexity index is 1470. The number of halogens is 4. The van der Waals surface area contributed by atoms with Crippen LogP contribution in [-0.4, -0.2) is 47.1 Å². The van der Waals surface area contributed by atoms with E-state index in [4.69, 9.17) is 21.6 Å². The first-order valence-electron chi connectivity index (χ1n) is 12.8. The highest BCUT2D eigenvalue weighted by Crippen LogP contribution is 2.31. The van der Waals surface area contributed by atoms with Gasteiger partial charge in [0.25, 0.3) is 0 Å². The van der Waals surface area contributed by atoms with Crippen LogP contribution >= 0.6 is 11.6 Å². The van der Waals surface area contributed by atoms with E-state index in [1.807, 2.05) is 37.3 Å². The van der Waals surface area contributed by atoms with E-state index in [2.05, 4.69) is 22.3 Å².